The number of methoxy groups -OCH3 is 1. The first-order valence-corrected chi connectivity index (χ1v) is 8.82. The first kappa shape index (κ1) is 17.1. The summed E-state index contributed by atoms with van der Waals surface area (Å²) in [6.07, 6.45) is 2.17. The van der Waals surface area contributed by atoms with Crippen LogP contribution in [0.5, 0.6) is 5.75 Å². The Kier molecular flexibility index (Phi) is 4.50. The van der Waals surface area contributed by atoms with Crippen molar-refractivity contribution in [2.75, 3.05) is 7.11 Å². The summed E-state index contributed by atoms with van der Waals surface area (Å²) < 4.78 is 11.0. The monoisotopic (exact) mass is 360 g/mol. The zero-order chi connectivity index (χ0) is 18.8. The Balaban J connectivity index is 1.76. The predicted molar refractivity (Wildman–Crippen MR) is 103 cm³/mol. The zero-order valence-corrected chi connectivity index (χ0v) is 15.3. The van der Waals surface area contributed by atoms with Gasteiger partial charge in [-0.15, -0.1) is 0 Å². The SMILES string of the molecule is COc1ccccc1[C@@H]1CC(c2ccco2)=NN1C(=O)c1cccc(C)c1. The number of para-hydroxylation sites is 1. The quantitative estimate of drug-likeness (QED) is 0.684. The van der Waals surface area contributed by atoms with Crippen molar-refractivity contribution in [2.45, 2.75) is 19.4 Å². The van der Waals surface area contributed by atoms with E-state index in [1.165, 1.54) is 0 Å². The Labute approximate surface area is 157 Å². The predicted octanol–water partition coefficient (Wildman–Crippen LogP) is 4.59. The smallest absolute Gasteiger partial charge is 0.274 e. The molecule has 0 saturated heterocycles. The maximum atomic E-state index is 13.2. The normalized spacial score (nSPS) is 16.3. The Hall–Kier alpha value is -3.34. The molecule has 1 aromatic heterocycles. The highest BCUT2D eigenvalue weighted by Crippen LogP contribution is 2.38. The fourth-order valence-corrected chi connectivity index (χ4v) is 3.38. The van der Waals surface area contributed by atoms with E-state index in [9.17, 15) is 4.79 Å². The lowest BCUT2D eigenvalue weighted by atomic mass is 9.99. The van der Waals surface area contributed by atoms with Gasteiger partial charge in [-0.3, -0.25) is 4.79 Å². The number of carbonyl (C=O) groups is 1. The number of aryl methyl sites for hydroxylation is 1. The number of furan rings is 1. The van der Waals surface area contributed by atoms with Gasteiger partial charge in [-0.2, -0.15) is 5.10 Å². The molecule has 0 radical (unpaired) electrons. The third-order valence-corrected chi connectivity index (χ3v) is 4.69. The lowest BCUT2D eigenvalue weighted by Crippen LogP contribution is -2.27. The van der Waals surface area contributed by atoms with Crippen molar-refractivity contribution in [1.29, 1.82) is 0 Å². The molecule has 0 fully saturated rings. The summed E-state index contributed by atoms with van der Waals surface area (Å²) in [5.74, 6) is 1.27. The van der Waals surface area contributed by atoms with E-state index >= 15 is 0 Å². The molecular formula is C22H20N2O3. The highest BCUT2D eigenvalue weighted by molar-refractivity contribution is 6.03. The van der Waals surface area contributed by atoms with Gasteiger partial charge in [-0.25, -0.2) is 5.01 Å². The van der Waals surface area contributed by atoms with Crippen LogP contribution in [0.3, 0.4) is 0 Å². The lowest BCUT2D eigenvalue weighted by molar-refractivity contribution is 0.0709. The topological polar surface area (TPSA) is 55.0 Å². The lowest BCUT2D eigenvalue weighted by Gasteiger charge is -2.23. The van der Waals surface area contributed by atoms with Gasteiger partial charge in [-0.1, -0.05) is 35.9 Å². The van der Waals surface area contributed by atoms with E-state index in [2.05, 4.69) is 5.10 Å². The van der Waals surface area contributed by atoms with Crippen LogP contribution in [-0.4, -0.2) is 23.7 Å². The summed E-state index contributed by atoms with van der Waals surface area (Å²) >= 11 is 0. The molecule has 2 aromatic carbocycles. The number of ether oxygens (including phenoxy) is 1. The standard InChI is InChI=1S/C22H20N2O3/c1-15-7-5-8-16(13-15)22(25)24-19(17-9-3-4-10-20(17)26-2)14-18(23-24)21-11-6-12-27-21/h3-13,19H,14H2,1-2H3/t19-/m0/s1. The number of amides is 1. The molecule has 27 heavy (non-hydrogen) atoms. The minimum atomic E-state index is -0.255. The first-order chi connectivity index (χ1) is 13.2. The van der Waals surface area contributed by atoms with Crippen molar-refractivity contribution in [2.24, 2.45) is 5.10 Å². The van der Waals surface area contributed by atoms with Crippen LogP contribution in [0.2, 0.25) is 0 Å². The maximum Gasteiger partial charge on any atom is 0.274 e. The van der Waals surface area contributed by atoms with E-state index in [1.54, 1.807) is 18.4 Å². The molecule has 2 heterocycles. The Morgan fingerprint density at radius 2 is 2.00 bits per heavy atom. The fourth-order valence-electron chi connectivity index (χ4n) is 3.38. The Bertz CT molecular complexity index is 992. The van der Waals surface area contributed by atoms with E-state index in [0.717, 1.165) is 22.6 Å². The third kappa shape index (κ3) is 3.24. The minimum Gasteiger partial charge on any atom is -0.496 e. The molecule has 0 bridgehead atoms. The average Bonchev–Trinajstić information content (AvgIpc) is 3.37. The largest absolute Gasteiger partial charge is 0.496 e. The molecule has 1 atom stereocenters. The summed E-state index contributed by atoms with van der Waals surface area (Å²) in [6.45, 7) is 1.97. The Morgan fingerprint density at radius 1 is 1.15 bits per heavy atom. The van der Waals surface area contributed by atoms with Crippen LogP contribution in [-0.2, 0) is 0 Å². The zero-order valence-electron chi connectivity index (χ0n) is 15.3. The van der Waals surface area contributed by atoms with Crippen LogP contribution < -0.4 is 4.74 Å². The number of carbonyl (C=O) groups excluding carboxylic acids is 1. The van der Waals surface area contributed by atoms with E-state index in [1.807, 2.05) is 67.6 Å². The third-order valence-electron chi connectivity index (χ3n) is 4.69. The minimum absolute atomic E-state index is 0.142. The average molecular weight is 360 g/mol. The molecule has 0 N–H and O–H groups in total. The molecule has 0 unspecified atom stereocenters. The van der Waals surface area contributed by atoms with Gasteiger partial charge >= 0.3 is 0 Å². The van der Waals surface area contributed by atoms with Gasteiger partial charge < -0.3 is 9.15 Å². The van der Waals surface area contributed by atoms with Crippen LogP contribution in [0.4, 0.5) is 0 Å². The first-order valence-electron chi connectivity index (χ1n) is 8.82. The molecule has 4 rings (SSSR count). The maximum absolute atomic E-state index is 13.2. The summed E-state index contributed by atoms with van der Waals surface area (Å²) in [7, 11) is 1.63. The van der Waals surface area contributed by atoms with Gasteiger partial charge in [0.25, 0.3) is 5.91 Å². The molecule has 3 aromatic rings. The van der Waals surface area contributed by atoms with E-state index in [0.29, 0.717) is 17.7 Å². The second kappa shape index (κ2) is 7.11. The molecule has 5 nitrogen and oxygen atoms in total. The van der Waals surface area contributed by atoms with Gasteiger partial charge in [0, 0.05) is 17.5 Å². The number of hydrogen-bond acceptors (Lipinski definition) is 4. The molecule has 1 aliphatic heterocycles. The number of rotatable bonds is 4. The van der Waals surface area contributed by atoms with Crippen LogP contribution in [0.25, 0.3) is 0 Å². The van der Waals surface area contributed by atoms with Gasteiger partial charge in [0.2, 0.25) is 0 Å². The highest BCUT2D eigenvalue weighted by atomic mass is 16.5. The van der Waals surface area contributed by atoms with Gasteiger partial charge in [0.05, 0.1) is 19.4 Å². The van der Waals surface area contributed by atoms with E-state index in [-0.39, 0.29) is 11.9 Å². The number of hydrogen-bond donors (Lipinski definition) is 0. The molecule has 0 aliphatic carbocycles. The molecule has 5 heteroatoms. The Morgan fingerprint density at radius 3 is 2.74 bits per heavy atom. The summed E-state index contributed by atoms with van der Waals surface area (Å²) in [6, 6.07) is 18.7. The summed E-state index contributed by atoms with van der Waals surface area (Å²) in [4.78, 5) is 13.2. The number of nitrogens with zero attached hydrogens (tertiary/aromatic N) is 2. The second-order valence-corrected chi connectivity index (χ2v) is 6.51. The molecule has 0 spiro atoms. The molecular weight excluding hydrogens is 340 g/mol. The van der Waals surface area contributed by atoms with Crippen molar-refractivity contribution >= 4 is 11.6 Å². The van der Waals surface area contributed by atoms with Crippen molar-refractivity contribution in [1.82, 2.24) is 5.01 Å². The van der Waals surface area contributed by atoms with E-state index in [4.69, 9.17) is 9.15 Å². The van der Waals surface area contributed by atoms with Gasteiger partial charge in [-0.05, 0) is 37.3 Å². The van der Waals surface area contributed by atoms with Crippen molar-refractivity contribution in [3.05, 3.63) is 89.4 Å². The van der Waals surface area contributed by atoms with Crippen molar-refractivity contribution in [3.8, 4) is 5.75 Å². The summed E-state index contributed by atoms with van der Waals surface area (Å²) in [5.41, 5.74) is 3.31. The second-order valence-electron chi connectivity index (χ2n) is 6.51. The van der Waals surface area contributed by atoms with Crippen LogP contribution in [0.1, 0.15) is 39.7 Å². The number of hydrazone groups is 1. The van der Waals surface area contributed by atoms with Gasteiger partial charge in [0.15, 0.2) is 0 Å². The van der Waals surface area contributed by atoms with Crippen molar-refractivity contribution < 1.29 is 13.9 Å². The number of benzene rings is 2. The van der Waals surface area contributed by atoms with E-state index < -0.39 is 0 Å². The molecule has 1 amide bonds. The fraction of sp³-hybridized carbons (Fsp3) is 0.182. The molecule has 136 valence electrons. The molecule has 1 aliphatic rings. The van der Waals surface area contributed by atoms with Crippen LogP contribution >= 0.6 is 0 Å². The van der Waals surface area contributed by atoms with Crippen LogP contribution in [0.15, 0.2) is 76.4 Å². The van der Waals surface area contributed by atoms with Crippen LogP contribution in [0, 0.1) is 6.92 Å². The summed E-state index contributed by atoms with van der Waals surface area (Å²) in [5, 5.41) is 6.17. The highest BCUT2D eigenvalue weighted by Gasteiger charge is 2.36. The molecule has 0 saturated carbocycles. The van der Waals surface area contributed by atoms with Gasteiger partial charge in [0.1, 0.15) is 17.2 Å². The van der Waals surface area contributed by atoms with Crippen molar-refractivity contribution in [3.63, 3.8) is 0 Å².